The fraction of sp³-hybridized carbons (Fsp3) is 0.258. The zero-order valence-corrected chi connectivity index (χ0v) is 27.5. The van der Waals surface area contributed by atoms with Crippen molar-refractivity contribution in [3.63, 3.8) is 0 Å². The molecule has 47 heavy (non-hydrogen) atoms. The molecular formula is C31H32ClF2N7O5S. The summed E-state index contributed by atoms with van der Waals surface area (Å²) in [5.41, 5.74) is 3.43. The first-order valence-electron chi connectivity index (χ1n) is 14.2. The molecule has 4 amide bonds. The van der Waals surface area contributed by atoms with Gasteiger partial charge in [0.2, 0.25) is 0 Å². The van der Waals surface area contributed by atoms with Gasteiger partial charge in [-0.1, -0.05) is 36.7 Å². The predicted octanol–water partition coefficient (Wildman–Crippen LogP) is 6.69. The van der Waals surface area contributed by atoms with E-state index in [0.29, 0.717) is 28.1 Å². The SMILES string of the molecule is CCCOC(=O)N(Cc1c(F)cccc1F)c1sc(-c2ccc(NC(=O)NOC)cc2)c(CN(C)C)c1C(=O)Nc1ccc(Cl)nn1. The van der Waals surface area contributed by atoms with Crippen LogP contribution in [-0.4, -0.2) is 60.9 Å². The van der Waals surface area contributed by atoms with Crippen molar-refractivity contribution in [3.05, 3.63) is 88.1 Å². The van der Waals surface area contributed by atoms with E-state index in [1.165, 1.54) is 25.3 Å². The fourth-order valence-electron chi connectivity index (χ4n) is 4.42. The largest absolute Gasteiger partial charge is 0.449 e. The summed E-state index contributed by atoms with van der Waals surface area (Å²) < 4.78 is 35.3. The highest BCUT2D eigenvalue weighted by Crippen LogP contribution is 2.44. The Kier molecular flexibility index (Phi) is 12.1. The molecule has 0 saturated heterocycles. The van der Waals surface area contributed by atoms with Crippen molar-refractivity contribution in [2.75, 3.05) is 43.3 Å². The Morgan fingerprint density at radius 1 is 0.936 bits per heavy atom. The van der Waals surface area contributed by atoms with E-state index < -0.39 is 36.2 Å². The Labute approximate surface area is 278 Å². The molecule has 0 unspecified atom stereocenters. The van der Waals surface area contributed by atoms with E-state index >= 15 is 0 Å². The van der Waals surface area contributed by atoms with Crippen LogP contribution in [0.3, 0.4) is 0 Å². The van der Waals surface area contributed by atoms with Crippen molar-refractivity contribution in [2.45, 2.75) is 26.4 Å². The Hall–Kier alpha value is -4.70. The third-order valence-corrected chi connectivity index (χ3v) is 7.94. The van der Waals surface area contributed by atoms with Crippen molar-refractivity contribution in [3.8, 4) is 10.4 Å². The molecule has 2 aromatic heterocycles. The van der Waals surface area contributed by atoms with E-state index in [-0.39, 0.29) is 40.3 Å². The molecule has 4 rings (SSSR count). The van der Waals surface area contributed by atoms with Crippen molar-refractivity contribution >= 4 is 57.5 Å². The number of nitrogens with zero attached hydrogens (tertiary/aromatic N) is 4. The molecule has 0 fully saturated rings. The van der Waals surface area contributed by atoms with Gasteiger partial charge in [-0.05, 0) is 68.0 Å². The van der Waals surface area contributed by atoms with Crippen LogP contribution in [-0.2, 0) is 22.7 Å². The molecule has 0 radical (unpaired) electrons. The van der Waals surface area contributed by atoms with Gasteiger partial charge in [0.25, 0.3) is 5.91 Å². The van der Waals surface area contributed by atoms with E-state index in [0.717, 1.165) is 28.4 Å². The fourth-order valence-corrected chi connectivity index (χ4v) is 5.83. The smallest absolute Gasteiger partial charge is 0.415 e. The first-order valence-corrected chi connectivity index (χ1v) is 15.4. The topological polar surface area (TPSA) is 138 Å². The maximum absolute atomic E-state index is 14.9. The van der Waals surface area contributed by atoms with Gasteiger partial charge in [-0.15, -0.1) is 21.5 Å². The van der Waals surface area contributed by atoms with Gasteiger partial charge in [-0.3, -0.25) is 14.5 Å². The molecule has 0 atom stereocenters. The number of thiophene rings is 1. The molecule has 2 heterocycles. The van der Waals surface area contributed by atoms with Crippen LogP contribution in [0.2, 0.25) is 5.15 Å². The van der Waals surface area contributed by atoms with Gasteiger partial charge in [0.15, 0.2) is 11.0 Å². The minimum absolute atomic E-state index is 0.0326. The van der Waals surface area contributed by atoms with E-state index in [1.807, 2.05) is 4.90 Å². The molecule has 248 valence electrons. The summed E-state index contributed by atoms with van der Waals surface area (Å²) in [5.74, 6) is -2.31. The number of halogens is 3. The summed E-state index contributed by atoms with van der Waals surface area (Å²) in [7, 11) is 4.91. The van der Waals surface area contributed by atoms with E-state index in [1.54, 1.807) is 45.3 Å². The van der Waals surface area contributed by atoms with Gasteiger partial charge in [-0.25, -0.2) is 23.9 Å². The maximum atomic E-state index is 14.9. The van der Waals surface area contributed by atoms with Gasteiger partial charge < -0.3 is 20.3 Å². The second-order valence-electron chi connectivity index (χ2n) is 10.3. The Morgan fingerprint density at radius 2 is 1.64 bits per heavy atom. The molecule has 0 saturated carbocycles. The van der Waals surface area contributed by atoms with Gasteiger partial charge in [0.05, 0.1) is 25.8 Å². The number of carbonyl (C=O) groups is 3. The number of hydrogen-bond acceptors (Lipinski definition) is 9. The minimum Gasteiger partial charge on any atom is -0.449 e. The van der Waals surface area contributed by atoms with E-state index in [4.69, 9.17) is 16.3 Å². The number of benzene rings is 2. The highest BCUT2D eigenvalue weighted by molar-refractivity contribution is 7.20. The zero-order chi connectivity index (χ0) is 34.1. The van der Waals surface area contributed by atoms with E-state index in [2.05, 4.69) is 31.1 Å². The quantitative estimate of drug-likeness (QED) is 0.140. The molecule has 0 aliphatic heterocycles. The second-order valence-corrected chi connectivity index (χ2v) is 11.6. The lowest BCUT2D eigenvalue weighted by Gasteiger charge is -2.23. The average molecular weight is 688 g/mol. The highest BCUT2D eigenvalue weighted by Gasteiger charge is 2.33. The van der Waals surface area contributed by atoms with Crippen molar-refractivity contribution < 1.29 is 32.7 Å². The lowest BCUT2D eigenvalue weighted by Crippen LogP contribution is -2.33. The van der Waals surface area contributed by atoms with Crippen LogP contribution in [0.4, 0.5) is 34.9 Å². The van der Waals surface area contributed by atoms with Crippen LogP contribution in [0.5, 0.6) is 0 Å². The van der Waals surface area contributed by atoms with Gasteiger partial charge >= 0.3 is 12.1 Å². The van der Waals surface area contributed by atoms with Gasteiger partial charge in [0, 0.05) is 22.7 Å². The average Bonchev–Trinajstić information content (AvgIpc) is 3.39. The summed E-state index contributed by atoms with van der Waals surface area (Å²) in [6.45, 7) is 1.49. The molecule has 3 N–H and O–H groups in total. The highest BCUT2D eigenvalue weighted by atomic mass is 35.5. The summed E-state index contributed by atoms with van der Waals surface area (Å²) in [4.78, 5) is 47.7. The molecule has 16 heteroatoms. The Morgan fingerprint density at radius 3 is 2.23 bits per heavy atom. The van der Waals surface area contributed by atoms with E-state index in [9.17, 15) is 23.2 Å². The summed E-state index contributed by atoms with van der Waals surface area (Å²) in [6.07, 6.45) is -0.414. The Balaban J connectivity index is 1.92. The molecule has 4 aromatic rings. The van der Waals surface area contributed by atoms with Gasteiger partial charge in [-0.2, -0.15) is 0 Å². The number of nitrogens with one attached hydrogen (secondary N) is 3. The van der Waals surface area contributed by atoms with Gasteiger partial charge in [0.1, 0.15) is 16.6 Å². The van der Waals surface area contributed by atoms with Crippen LogP contribution in [0, 0.1) is 11.6 Å². The minimum atomic E-state index is -0.900. The summed E-state index contributed by atoms with van der Waals surface area (Å²) >= 11 is 6.94. The lowest BCUT2D eigenvalue weighted by atomic mass is 10.0. The predicted molar refractivity (Wildman–Crippen MR) is 175 cm³/mol. The van der Waals surface area contributed by atoms with Crippen LogP contribution in [0.1, 0.15) is 34.8 Å². The maximum Gasteiger partial charge on any atom is 0.415 e. The first-order chi connectivity index (χ1) is 22.5. The van der Waals surface area contributed by atoms with Crippen LogP contribution in [0.25, 0.3) is 10.4 Å². The molecule has 2 aromatic carbocycles. The number of rotatable bonds is 12. The number of anilines is 3. The third kappa shape index (κ3) is 8.98. The van der Waals surface area contributed by atoms with Crippen LogP contribution < -0.4 is 21.0 Å². The lowest BCUT2D eigenvalue weighted by molar-refractivity contribution is 0.102. The molecule has 0 spiro atoms. The number of ether oxygens (including phenoxy) is 1. The second kappa shape index (κ2) is 16.2. The van der Waals surface area contributed by atoms with Crippen molar-refractivity contribution in [1.29, 1.82) is 0 Å². The number of urea groups is 1. The summed E-state index contributed by atoms with van der Waals surface area (Å²) in [5, 5.41) is 13.2. The molecule has 0 bridgehead atoms. The number of hydroxylamine groups is 1. The van der Waals surface area contributed by atoms with Crippen molar-refractivity contribution in [1.82, 2.24) is 20.6 Å². The monoisotopic (exact) mass is 687 g/mol. The normalized spacial score (nSPS) is 10.9. The van der Waals surface area contributed by atoms with Crippen molar-refractivity contribution in [2.24, 2.45) is 0 Å². The summed E-state index contributed by atoms with van der Waals surface area (Å²) in [6, 6.07) is 12.4. The Bertz CT molecular complexity index is 1700. The molecule has 0 aliphatic rings. The molecule has 0 aliphatic carbocycles. The van der Waals surface area contributed by atoms with Crippen LogP contribution in [0.15, 0.2) is 54.6 Å². The zero-order valence-electron chi connectivity index (χ0n) is 25.9. The molecule has 12 nitrogen and oxygen atoms in total. The van der Waals surface area contributed by atoms with Crippen LogP contribution >= 0.6 is 22.9 Å². The number of amides is 4. The number of aromatic nitrogens is 2. The first kappa shape index (κ1) is 35.2. The molecular weight excluding hydrogens is 656 g/mol. The number of carbonyl (C=O) groups excluding carboxylic acids is 3. The number of hydrogen-bond donors (Lipinski definition) is 3. The standard InChI is InChI=1S/C31H32ClF2N7O5S/c1-5-15-46-31(44)41(17-20-22(33)7-6-8-23(20)34)29-26(28(42)36-25-14-13-24(32)37-38-25)21(16-40(2)3)27(47-29)18-9-11-19(12-10-18)35-30(43)39-45-4/h6-14H,5,15-17H2,1-4H3,(H2,35,39,43)(H,36,38,42). The third-order valence-electron chi connectivity index (χ3n) is 6.44.